The molecule has 1 atom stereocenters. The molecule has 0 spiro atoms. The summed E-state index contributed by atoms with van der Waals surface area (Å²) in [7, 11) is 0. The van der Waals surface area contributed by atoms with Gasteiger partial charge in [-0.15, -0.1) is 0 Å². The number of carbonyl (C=O) groups excluding carboxylic acids is 2. The van der Waals surface area contributed by atoms with Crippen molar-refractivity contribution in [3.8, 4) is 23.3 Å². The molecule has 47 heavy (non-hydrogen) atoms. The second-order valence-corrected chi connectivity index (χ2v) is 13.2. The number of rotatable bonds is 8. The zero-order valence-electron chi connectivity index (χ0n) is 26.2. The summed E-state index contributed by atoms with van der Waals surface area (Å²) in [4.78, 5) is 44.7. The number of carbonyl (C=O) groups is 2. The summed E-state index contributed by atoms with van der Waals surface area (Å²) in [6.45, 7) is 4.76. The summed E-state index contributed by atoms with van der Waals surface area (Å²) >= 11 is 6.61. The Labute approximate surface area is 277 Å². The fraction of sp³-hybridized carbons (Fsp3) is 0.429. The van der Waals surface area contributed by atoms with Gasteiger partial charge in [0.15, 0.2) is 5.82 Å². The minimum absolute atomic E-state index is 0.0678. The monoisotopic (exact) mass is 655 g/mol. The molecule has 1 amide bonds. The van der Waals surface area contributed by atoms with Crippen LogP contribution in [0.25, 0.3) is 32.9 Å². The van der Waals surface area contributed by atoms with Gasteiger partial charge in [-0.3, -0.25) is 19.5 Å². The fourth-order valence-electron chi connectivity index (χ4n) is 7.64. The first-order valence-electron chi connectivity index (χ1n) is 16.1. The van der Waals surface area contributed by atoms with E-state index < -0.39 is 11.9 Å². The number of nitriles is 1. The maximum absolute atomic E-state index is 16.8. The lowest BCUT2D eigenvalue weighted by Gasteiger charge is -2.41. The van der Waals surface area contributed by atoms with E-state index in [1.807, 2.05) is 29.2 Å². The van der Waals surface area contributed by atoms with Crippen LogP contribution in [0.2, 0.25) is 5.02 Å². The van der Waals surface area contributed by atoms with Gasteiger partial charge in [-0.2, -0.15) is 15.2 Å². The van der Waals surface area contributed by atoms with E-state index in [2.05, 4.69) is 20.9 Å². The lowest BCUT2D eigenvalue weighted by atomic mass is 9.95. The number of ketones is 1. The van der Waals surface area contributed by atoms with Gasteiger partial charge < -0.3 is 14.5 Å². The van der Waals surface area contributed by atoms with E-state index >= 15 is 4.39 Å². The van der Waals surface area contributed by atoms with Crippen molar-refractivity contribution in [1.82, 2.24) is 24.8 Å². The van der Waals surface area contributed by atoms with Gasteiger partial charge in [0.1, 0.15) is 29.4 Å². The summed E-state index contributed by atoms with van der Waals surface area (Å²) in [6.07, 6.45) is 5.71. The summed E-state index contributed by atoms with van der Waals surface area (Å²) in [5, 5.41) is 12.0. The Morgan fingerprint density at radius 3 is 2.62 bits per heavy atom. The first kappa shape index (κ1) is 31.2. The normalized spacial score (nSPS) is 19.2. The van der Waals surface area contributed by atoms with Crippen molar-refractivity contribution in [3.63, 3.8) is 0 Å². The van der Waals surface area contributed by atoms with E-state index in [1.54, 1.807) is 23.2 Å². The molecule has 0 bridgehead atoms. The van der Waals surface area contributed by atoms with E-state index in [-0.39, 0.29) is 60.4 Å². The molecular weight excluding hydrogens is 621 g/mol. The molecule has 3 saturated heterocycles. The Balaban J connectivity index is 1.31. The highest BCUT2D eigenvalue weighted by molar-refractivity contribution is 6.36. The molecule has 2 aromatic carbocycles. The van der Waals surface area contributed by atoms with Crippen LogP contribution in [0.1, 0.15) is 45.4 Å². The van der Waals surface area contributed by atoms with E-state index in [9.17, 15) is 14.9 Å². The molecule has 3 fully saturated rings. The predicted octanol–water partition coefficient (Wildman–Crippen LogP) is 5.55. The number of ether oxygens (including phenoxy) is 1. The quantitative estimate of drug-likeness (QED) is 0.225. The zero-order valence-corrected chi connectivity index (χ0v) is 27.0. The van der Waals surface area contributed by atoms with Crippen molar-refractivity contribution in [2.24, 2.45) is 0 Å². The van der Waals surface area contributed by atoms with Gasteiger partial charge in [-0.1, -0.05) is 41.9 Å². The number of piperazine rings is 1. The molecule has 242 valence electrons. The number of halogens is 2. The fourth-order valence-corrected chi connectivity index (χ4v) is 7.92. The van der Waals surface area contributed by atoms with E-state index in [0.717, 1.165) is 44.2 Å². The van der Waals surface area contributed by atoms with Crippen LogP contribution >= 0.6 is 11.6 Å². The number of hydrogen-bond donors (Lipinski definition) is 0. The highest BCUT2D eigenvalue weighted by Gasteiger charge is 2.45. The van der Waals surface area contributed by atoms with Gasteiger partial charge in [0, 0.05) is 41.8 Å². The number of fused-ring (bicyclic) bond motifs is 3. The van der Waals surface area contributed by atoms with Gasteiger partial charge in [-0.05, 0) is 57.1 Å². The number of hydrogen-bond acceptors (Lipinski definition) is 9. The number of nitrogens with zero attached hydrogens (tertiary/aromatic N) is 7. The van der Waals surface area contributed by atoms with Gasteiger partial charge in [0.25, 0.3) is 0 Å². The number of pyridine rings is 1. The molecule has 4 aromatic rings. The van der Waals surface area contributed by atoms with Crippen molar-refractivity contribution in [2.45, 2.75) is 57.0 Å². The maximum Gasteiger partial charge on any atom is 0.319 e. The molecule has 5 heterocycles. The average Bonchev–Trinajstić information content (AvgIpc) is 3.64. The van der Waals surface area contributed by atoms with Crippen LogP contribution in [0.15, 0.2) is 42.6 Å². The number of amides is 1. The third kappa shape index (κ3) is 5.74. The van der Waals surface area contributed by atoms with E-state index in [0.29, 0.717) is 40.3 Å². The van der Waals surface area contributed by atoms with Gasteiger partial charge >= 0.3 is 6.01 Å². The molecule has 10 nitrogen and oxygen atoms in total. The molecule has 12 heteroatoms. The lowest BCUT2D eigenvalue weighted by molar-refractivity contribution is -0.137. The third-order valence-corrected chi connectivity index (χ3v) is 10.2. The molecule has 7 rings (SSSR count). The molecule has 3 aliphatic heterocycles. The highest BCUT2D eigenvalue weighted by Crippen LogP contribution is 2.40. The highest BCUT2D eigenvalue weighted by atomic mass is 35.5. The first-order chi connectivity index (χ1) is 22.8. The maximum atomic E-state index is 16.8. The van der Waals surface area contributed by atoms with Gasteiger partial charge in [0.2, 0.25) is 5.91 Å². The molecule has 1 unspecified atom stereocenters. The predicted molar refractivity (Wildman–Crippen MR) is 177 cm³/mol. The van der Waals surface area contributed by atoms with Crippen molar-refractivity contribution in [3.05, 3.63) is 53.4 Å². The molecule has 0 radical (unpaired) electrons. The van der Waals surface area contributed by atoms with Crippen LogP contribution in [0.4, 0.5) is 10.2 Å². The molecule has 3 aliphatic rings. The summed E-state index contributed by atoms with van der Waals surface area (Å²) in [5.74, 6) is -0.734. The van der Waals surface area contributed by atoms with Crippen molar-refractivity contribution in [1.29, 1.82) is 5.26 Å². The molecule has 0 saturated carbocycles. The largest absolute Gasteiger partial charge is 0.461 e. The van der Waals surface area contributed by atoms with E-state index in [1.165, 1.54) is 6.92 Å². The van der Waals surface area contributed by atoms with Gasteiger partial charge in [0.05, 0.1) is 35.9 Å². The van der Waals surface area contributed by atoms with Crippen LogP contribution < -0.4 is 9.64 Å². The minimum atomic E-state index is -0.617. The zero-order chi connectivity index (χ0) is 32.7. The summed E-state index contributed by atoms with van der Waals surface area (Å²) < 4.78 is 23.1. The van der Waals surface area contributed by atoms with E-state index in [4.69, 9.17) is 21.3 Å². The van der Waals surface area contributed by atoms with Crippen molar-refractivity contribution in [2.75, 3.05) is 44.2 Å². The second kappa shape index (κ2) is 12.7. The van der Waals surface area contributed by atoms with Crippen molar-refractivity contribution >= 4 is 50.8 Å². The lowest BCUT2D eigenvalue weighted by Crippen LogP contribution is -2.55. The Bertz CT molecular complexity index is 1920. The number of Topliss-reactive ketones (excluding diaryl/α,β-unsaturated/α-hetero) is 1. The van der Waals surface area contributed by atoms with Crippen LogP contribution in [0.3, 0.4) is 0 Å². The topological polar surface area (TPSA) is 116 Å². The standard InChI is InChI=1S/C35H35ClFN7O3/c1-22(45)18-28(46)44-17-16-42(20-24(44)10-13-38)33-26-19-39-31(25-8-2-6-23-7-3-9-27(36)29(23)25)30(37)32(26)40-34(41-33)47-21-35-11-4-14-43(35)15-5-12-35/h2-3,6-9,19,24H,4-5,10-12,14-18,20-21H2,1H3. The molecule has 2 aromatic heterocycles. The molecular formula is C35H35ClFN7O3. The third-order valence-electron chi connectivity index (χ3n) is 9.86. The van der Waals surface area contributed by atoms with Crippen LogP contribution in [0, 0.1) is 17.1 Å². The number of aromatic nitrogens is 3. The number of benzene rings is 2. The molecule has 0 N–H and O–H groups in total. The first-order valence-corrected chi connectivity index (χ1v) is 16.5. The Kier molecular flexibility index (Phi) is 8.41. The Hall–Kier alpha value is -4.40. The number of anilines is 1. The summed E-state index contributed by atoms with van der Waals surface area (Å²) in [5.41, 5.74) is 0.664. The van der Waals surface area contributed by atoms with Crippen LogP contribution in [0.5, 0.6) is 6.01 Å². The second-order valence-electron chi connectivity index (χ2n) is 12.8. The SMILES string of the molecule is CC(=O)CC(=O)N1CCN(c2nc(OCC34CCCN3CCC4)nc3c(F)c(-c4cccc5cccc(Cl)c45)ncc23)CC1CC#N. The summed E-state index contributed by atoms with van der Waals surface area (Å²) in [6, 6.07) is 12.9. The Morgan fingerprint density at radius 2 is 1.87 bits per heavy atom. The van der Waals surface area contributed by atoms with Crippen molar-refractivity contribution < 1.29 is 18.7 Å². The van der Waals surface area contributed by atoms with Gasteiger partial charge in [-0.25, -0.2) is 4.39 Å². The van der Waals surface area contributed by atoms with Crippen LogP contribution in [-0.2, 0) is 9.59 Å². The molecule has 0 aliphatic carbocycles. The Morgan fingerprint density at radius 1 is 1.11 bits per heavy atom. The average molecular weight is 656 g/mol. The smallest absolute Gasteiger partial charge is 0.319 e. The minimum Gasteiger partial charge on any atom is -0.461 e. The van der Waals surface area contributed by atoms with Crippen LogP contribution in [-0.4, -0.2) is 87.4 Å².